The second-order valence-corrected chi connectivity index (χ2v) is 10.4. The number of anilines is 1. The Labute approximate surface area is 181 Å². The van der Waals surface area contributed by atoms with E-state index < -0.39 is 11.9 Å². The van der Waals surface area contributed by atoms with Crippen LogP contribution in [-0.4, -0.2) is 33.2 Å². The molecule has 8 rings (SSSR count). The van der Waals surface area contributed by atoms with Gasteiger partial charge in [-0.05, 0) is 66.4 Å². The third-order valence-electron chi connectivity index (χ3n) is 9.31. The summed E-state index contributed by atoms with van der Waals surface area (Å²) in [6.07, 6.45) is -1.64. The molecule has 0 spiro atoms. The van der Waals surface area contributed by atoms with Gasteiger partial charge in [-0.2, -0.15) is 18.2 Å². The molecular weight excluding hydrogens is 431 g/mol. The van der Waals surface area contributed by atoms with Crippen LogP contribution in [0.3, 0.4) is 0 Å². The van der Waals surface area contributed by atoms with Crippen LogP contribution < -0.4 is 10.1 Å². The van der Waals surface area contributed by atoms with Gasteiger partial charge in [0.25, 0.3) is 0 Å². The highest BCUT2D eigenvalue weighted by Crippen LogP contribution is 3.09. The number of halogens is 4. The number of aromatic nitrogens is 4. The van der Waals surface area contributed by atoms with Crippen molar-refractivity contribution >= 4 is 17.4 Å². The molecule has 0 amide bonds. The van der Waals surface area contributed by atoms with Gasteiger partial charge in [0, 0.05) is 24.2 Å². The molecule has 6 aliphatic carbocycles. The van der Waals surface area contributed by atoms with Crippen molar-refractivity contribution in [1.29, 1.82) is 0 Å². The molecule has 6 nitrogen and oxygen atoms in total. The molecule has 0 saturated heterocycles. The summed E-state index contributed by atoms with van der Waals surface area (Å²) in [6.45, 7) is 4.65. The van der Waals surface area contributed by atoms with Crippen LogP contribution in [-0.2, 0) is 11.6 Å². The molecule has 0 aliphatic heterocycles. The maximum Gasteiger partial charge on any atom is 0.434 e. The highest BCUT2D eigenvalue weighted by Gasteiger charge is 3.10. The first-order valence-electron chi connectivity index (χ1n) is 10.7. The predicted molar refractivity (Wildman–Crippen MR) is 105 cm³/mol. The first-order valence-corrected chi connectivity index (χ1v) is 11.0. The van der Waals surface area contributed by atoms with Gasteiger partial charge in [-0.1, -0.05) is 0 Å². The number of alkyl halides is 3. The molecule has 6 aliphatic rings. The quantitative estimate of drug-likeness (QED) is 0.672. The molecule has 10 heteroatoms. The number of nitrogens with zero attached hydrogens (tertiary/aromatic N) is 4. The monoisotopic (exact) mass is 451 g/mol. The van der Waals surface area contributed by atoms with E-state index in [1.54, 1.807) is 17.9 Å². The molecule has 2 heterocycles. The molecule has 6 saturated carbocycles. The number of hydrogen-bond acceptors (Lipinski definition) is 5. The molecule has 164 valence electrons. The number of ether oxygens (including phenoxy) is 1. The molecule has 6 fully saturated rings. The van der Waals surface area contributed by atoms with Crippen LogP contribution in [0.4, 0.5) is 19.0 Å². The van der Waals surface area contributed by atoms with E-state index in [-0.39, 0.29) is 22.2 Å². The third kappa shape index (κ3) is 1.65. The van der Waals surface area contributed by atoms with E-state index in [9.17, 15) is 13.2 Å². The fourth-order valence-electron chi connectivity index (χ4n) is 8.66. The molecule has 0 aromatic carbocycles. The molecule has 31 heavy (non-hydrogen) atoms. The Morgan fingerprint density at radius 1 is 1.16 bits per heavy atom. The number of hydrogen-bond donors (Lipinski definition) is 1. The standard InChI is InChI=1S/C21H21ClF3N5O/c1-7(2)30-5-9(21(23,24)25)28-17(30)20-13-10-14(20)12-15(20)11(13)19(10,12)6-27-16-8(31-3)4-26-18(22)29-16/h4-5,7,10-15H,6H2,1-3H3,(H,26,27,29). The van der Waals surface area contributed by atoms with E-state index >= 15 is 0 Å². The van der Waals surface area contributed by atoms with Crippen molar-refractivity contribution < 1.29 is 17.9 Å². The summed E-state index contributed by atoms with van der Waals surface area (Å²) in [6, 6.07) is -0.0372. The zero-order valence-electron chi connectivity index (χ0n) is 17.1. The van der Waals surface area contributed by atoms with Gasteiger partial charge in [-0.15, -0.1) is 0 Å². The van der Waals surface area contributed by atoms with E-state index in [2.05, 4.69) is 20.3 Å². The van der Waals surface area contributed by atoms with Gasteiger partial charge in [-0.25, -0.2) is 9.97 Å². The fraction of sp³-hybridized carbons (Fsp3) is 0.667. The minimum Gasteiger partial charge on any atom is -0.491 e. The van der Waals surface area contributed by atoms with Gasteiger partial charge < -0.3 is 14.6 Å². The average molecular weight is 452 g/mol. The Bertz CT molecular complexity index is 1090. The second kappa shape index (κ2) is 5.13. The van der Waals surface area contributed by atoms with Crippen LogP contribution in [0.15, 0.2) is 12.4 Å². The topological polar surface area (TPSA) is 64.9 Å². The molecule has 1 N–H and O–H groups in total. The maximum atomic E-state index is 13.4. The lowest BCUT2D eigenvalue weighted by molar-refractivity contribution is -0.626. The second-order valence-electron chi connectivity index (χ2n) is 10.1. The lowest BCUT2D eigenvalue weighted by Crippen LogP contribution is -3.12. The van der Waals surface area contributed by atoms with Gasteiger partial charge in [0.15, 0.2) is 17.3 Å². The first kappa shape index (κ1) is 18.5. The van der Waals surface area contributed by atoms with Crippen LogP contribution in [0.25, 0.3) is 0 Å². The smallest absolute Gasteiger partial charge is 0.434 e. The van der Waals surface area contributed by atoms with Crippen LogP contribution in [0.2, 0.25) is 5.28 Å². The van der Waals surface area contributed by atoms with Crippen LogP contribution in [0.1, 0.15) is 31.4 Å². The number of nitrogens with one attached hydrogen (secondary N) is 1. The largest absolute Gasteiger partial charge is 0.491 e. The minimum absolute atomic E-state index is 0.0372. The predicted octanol–water partition coefficient (Wildman–Crippen LogP) is 4.04. The molecule has 0 radical (unpaired) electrons. The highest BCUT2D eigenvalue weighted by atomic mass is 35.5. The van der Waals surface area contributed by atoms with Gasteiger partial charge in [0.1, 0.15) is 5.82 Å². The fourth-order valence-corrected chi connectivity index (χ4v) is 8.79. The highest BCUT2D eigenvalue weighted by molar-refractivity contribution is 6.28. The summed E-state index contributed by atoms with van der Waals surface area (Å²) < 4.78 is 47.2. The molecular formula is C21H21ClF3N5O. The number of methoxy groups -OCH3 is 1. The molecule has 0 atom stereocenters. The number of imidazole rings is 1. The summed E-state index contributed by atoms with van der Waals surface area (Å²) in [5.74, 6) is 5.00. The molecule has 0 bridgehead atoms. The van der Waals surface area contributed by atoms with Crippen LogP contribution >= 0.6 is 11.6 Å². The van der Waals surface area contributed by atoms with Gasteiger partial charge in [-0.3, -0.25) is 0 Å². The van der Waals surface area contributed by atoms with Crippen molar-refractivity contribution in [1.82, 2.24) is 19.5 Å². The Morgan fingerprint density at radius 2 is 1.81 bits per heavy atom. The van der Waals surface area contributed by atoms with Crippen molar-refractivity contribution in [2.24, 2.45) is 40.9 Å². The third-order valence-corrected chi connectivity index (χ3v) is 9.49. The zero-order chi connectivity index (χ0) is 21.7. The Morgan fingerprint density at radius 3 is 2.35 bits per heavy atom. The minimum atomic E-state index is -4.41. The van der Waals surface area contributed by atoms with Crippen molar-refractivity contribution in [2.45, 2.75) is 31.5 Å². The van der Waals surface area contributed by atoms with Gasteiger partial charge in [0.05, 0.1) is 13.3 Å². The van der Waals surface area contributed by atoms with E-state index in [0.717, 1.165) is 6.54 Å². The van der Waals surface area contributed by atoms with Crippen molar-refractivity contribution in [3.63, 3.8) is 0 Å². The summed E-state index contributed by atoms with van der Waals surface area (Å²) >= 11 is 5.94. The van der Waals surface area contributed by atoms with Crippen molar-refractivity contribution in [3.8, 4) is 5.75 Å². The average Bonchev–Trinajstić information content (AvgIpc) is 3.18. The molecule has 2 aromatic rings. The Kier molecular flexibility index (Phi) is 3.07. The summed E-state index contributed by atoms with van der Waals surface area (Å²) in [7, 11) is 1.57. The Hall–Kier alpha value is -2.03. The first-order chi connectivity index (χ1) is 14.7. The van der Waals surface area contributed by atoms with Gasteiger partial charge in [0.2, 0.25) is 5.28 Å². The summed E-state index contributed by atoms with van der Waals surface area (Å²) in [4.78, 5) is 12.4. The molecule has 0 unspecified atom stereocenters. The summed E-state index contributed by atoms with van der Waals surface area (Å²) in [5.41, 5.74) is -0.605. The van der Waals surface area contributed by atoms with E-state index in [1.165, 1.54) is 6.20 Å². The van der Waals surface area contributed by atoms with E-state index in [1.807, 2.05) is 13.8 Å². The maximum absolute atomic E-state index is 13.4. The Balaban J connectivity index is 1.15. The van der Waals surface area contributed by atoms with E-state index in [4.69, 9.17) is 16.3 Å². The molecule has 2 aromatic heterocycles. The SMILES string of the molecule is COc1cnc(Cl)nc1NCC12C3C4C1C1C2C3C41c1nc(C(F)(F)F)cn1C(C)C. The van der Waals surface area contributed by atoms with E-state index in [0.29, 0.717) is 52.9 Å². The normalized spacial score (nSPS) is 42.1. The van der Waals surface area contributed by atoms with Crippen LogP contribution in [0.5, 0.6) is 5.75 Å². The lowest BCUT2D eigenvalue weighted by Gasteiger charge is -3.11. The zero-order valence-corrected chi connectivity index (χ0v) is 17.9. The van der Waals surface area contributed by atoms with Crippen molar-refractivity contribution in [2.75, 3.05) is 19.0 Å². The lowest BCUT2D eigenvalue weighted by atomic mass is 8.92. The number of rotatable bonds is 6. The summed E-state index contributed by atoms with van der Waals surface area (Å²) in [5, 5.41) is 3.58. The van der Waals surface area contributed by atoms with Crippen LogP contribution in [0, 0.1) is 40.9 Å². The van der Waals surface area contributed by atoms with Gasteiger partial charge >= 0.3 is 6.18 Å². The van der Waals surface area contributed by atoms with Crippen molar-refractivity contribution in [3.05, 3.63) is 29.2 Å².